The number of aliphatic carboxylic acids is 1. The molecule has 0 bridgehead atoms. The zero-order valence-electron chi connectivity index (χ0n) is 6.75. The van der Waals surface area contributed by atoms with Crippen molar-refractivity contribution in [3.63, 3.8) is 0 Å². The van der Waals surface area contributed by atoms with Gasteiger partial charge in [-0.3, -0.25) is 9.69 Å². The number of carbonyl (C=O) groups excluding carboxylic acids is 1. The molecule has 0 aliphatic carbocycles. The molecule has 1 unspecified atom stereocenters. The Morgan fingerprint density at radius 2 is 2.25 bits per heavy atom. The Labute approximate surface area is 70.2 Å². The van der Waals surface area contributed by atoms with Gasteiger partial charge in [-0.25, -0.2) is 4.79 Å². The van der Waals surface area contributed by atoms with Crippen molar-refractivity contribution in [2.24, 2.45) is 0 Å². The van der Waals surface area contributed by atoms with Gasteiger partial charge in [0.25, 0.3) is 0 Å². The van der Waals surface area contributed by atoms with Crippen LogP contribution in [0.15, 0.2) is 0 Å². The van der Waals surface area contributed by atoms with Crippen LogP contribution in [0, 0.1) is 0 Å². The maximum atomic E-state index is 11.4. The zero-order valence-corrected chi connectivity index (χ0v) is 6.75. The number of nitrogens with zero attached hydrogens (tertiary/aromatic N) is 1. The van der Waals surface area contributed by atoms with E-state index >= 15 is 0 Å². The Bertz CT molecular complexity index is 251. The first kappa shape index (κ1) is 7.73. The molecule has 0 radical (unpaired) electrons. The largest absolute Gasteiger partial charge is 0.480 e. The van der Waals surface area contributed by atoms with E-state index in [1.54, 1.807) is 4.90 Å². The highest BCUT2D eigenvalue weighted by atomic mass is 16.4. The topological polar surface area (TPSA) is 57.6 Å². The first-order valence-electron chi connectivity index (χ1n) is 4.20. The summed E-state index contributed by atoms with van der Waals surface area (Å²) in [6.45, 7) is 1.39. The number of carbonyl (C=O) groups is 2. The molecule has 4 nitrogen and oxygen atoms in total. The van der Waals surface area contributed by atoms with Crippen molar-refractivity contribution in [1.29, 1.82) is 0 Å². The molecule has 12 heavy (non-hydrogen) atoms. The quantitative estimate of drug-likeness (QED) is 0.556. The van der Waals surface area contributed by atoms with Crippen LogP contribution in [0.25, 0.3) is 0 Å². The summed E-state index contributed by atoms with van der Waals surface area (Å²) in [4.78, 5) is 24.2. The Hall–Kier alpha value is -0.900. The lowest BCUT2D eigenvalue weighted by atomic mass is 9.93. The monoisotopic (exact) mass is 169 g/mol. The molecule has 0 aromatic heterocycles. The predicted molar refractivity (Wildman–Crippen MR) is 40.8 cm³/mol. The van der Waals surface area contributed by atoms with Gasteiger partial charge in [-0.05, 0) is 19.4 Å². The lowest BCUT2D eigenvalue weighted by molar-refractivity contribution is -0.152. The Morgan fingerprint density at radius 3 is 2.83 bits per heavy atom. The van der Waals surface area contributed by atoms with Gasteiger partial charge in [0.05, 0.1) is 0 Å². The third-order valence-corrected chi connectivity index (χ3v) is 2.93. The summed E-state index contributed by atoms with van der Waals surface area (Å²) in [5, 5.41) is 8.98. The minimum Gasteiger partial charge on any atom is -0.480 e. The van der Waals surface area contributed by atoms with Crippen LogP contribution in [0.2, 0.25) is 0 Å². The Kier molecular flexibility index (Phi) is 1.48. The Morgan fingerprint density at radius 1 is 1.50 bits per heavy atom. The smallest absolute Gasteiger partial charge is 0.331 e. The number of rotatable bonds is 1. The zero-order chi connectivity index (χ0) is 8.77. The van der Waals surface area contributed by atoms with Crippen molar-refractivity contribution >= 4 is 11.8 Å². The number of hydrogen-bond acceptors (Lipinski definition) is 3. The van der Waals surface area contributed by atoms with Crippen molar-refractivity contribution < 1.29 is 14.7 Å². The summed E-state index contributed by atoms with van der Waals surface area (Å²) in [5.74, 6) is -1.06. The lowest BCUT2D eigenvalue weighted by Gasteiger charge is -2.24. The van der Waals surface area contributed by atoms with Crippen LogP contribution in [0.4, 0.5) is 0 Å². The Balaban J connectivity index is 2.40. The van der Waals surface area contributed by atoms with Crippen LogP contribution in [0.3, 0.4) is 0 Å². The highest BCUT2D eigenvalue weighted by Gasteiger charge is 2.56. The summed E-state index contributed by atoms with van der Waals surface area (Å²) in [6.07, 6.45) is 1.74. The maximum Gasteiger partial charge on any atom is 0.331 e. The second-order valence-corrected chi connectivity index (χ2v) is 3.43. The fourth-order valence-electron chi connectivity index (χ4n) is 2.30. The fourth-order valence-corrected chi connectivity index (χ4v) is 2.30. The van der Waals surface area contributed by atoms with E-state index in [1.165, 1.54) is 0 Å². The molecule has 0 spiro atoms. The molecule has 2 rings (SSSR count). The van der Waals surface area contributed by atoms with Crippen molar-refractivity contribution in [2.75, 3.05) is 13.1 Å². The van der Waals surface area contributed by atoms with E-state index in [-0.39, 0.29) is 5.78 Å². The molecule has 0 amide bonds. The van der Waals surface area contributed by atoms with Gasteiger partial charge in [0.2, 0.25) is 0 Å². The standard InChI is InChI=1S/C8H11NO3/c10-6-2-5-9-4-1-3-8(6,9)7(11)12/h1-5H2,(H,11,12). The molecule has 2 aliphatic heterocycles. The molecule has 2 aliphatic rings. The lowest BCUT2D eigenvalue weighted by Crippen LogP contribution is -2.50. The molecule has 2 fully saturated rings. The van der Waals surface area contributed by atoms with Gasteiger partial charge in [-0.2, -0.15) is 0 Å². The predicted octanol–water partition coefficient (Wildman–Crippen LogP) is -0.122. The number of ketones is 1. The number of fused-ring (bicyclic) bond motifs is 1. The molecule has 2 heterocycles. The highest BCUT2D eigenvalue weighted by Crippen LogP contribution is 2.36. The third kappa shape index (κ3) is 0.705. The van der Waals surface area contributed by atoms with Gasteiger partial charge in [0.15, 0.2) is 11.3 Å². The van der Waals surface area contributed by atoms with Crippen LogP contribution >= 0.6 is 0 Å². The number of carboxylic acid groups (broad SMARTS) is 1. The van der Waals surface area contributed by atoms with E-state index in [2.05, 4.69) is 0 Å². The molecule has 4 heteroatoms. The number of Topliss-reactive ketones (excluding diaryl/α,β-unsaturated/α-hetero) is 1. The van der Waals surface area contributed by atoms with E-state index in [0.717, 1.165) is 13.0 Å². The van der Waals surface area contributed by atoms with E-state index < -0.39 is 11.5 Å². The maximum absolute atomic E-state index is 11.4. The summed E-state index contributed by atoms with van der Waals surface area (Å²) in [7, 11) is 0. The molecule has 1 atom stereocenters. The van der Waals surface area contributed by atoms with Gasteiger partial charge in [0.1, 0.15) is 0 Å². The summed E-state index contributed by atoms with van der Waals surface area (Å²) < 4.78 is 0. The van der Waals surface area contributed by atoms with E-state index in [4.69, 9.17) is 5.11 Å². The first-order valence-corrected chi connectivity index (χ1v) is 4.20. The van der Waals surface area contributed by atoms with E-state index in [9.17, 15) is 9.59 Å². The third-order valence-electron chi connectivity index (χ3n) is 2.93. The second kappa shape index (κ2) is 2.29. The first-order chi connectivity index (χ1) is 5.68. The average Bonchev–Trinajstić information content (AvgIpc) is 2.52. The van der Waals surface area contributed by atoms with Gasteiger partial charge in [-0.1, -0.05) is 0 Å². The van der Waals surface area contributed by atoms with Crippen LogP contribution < -0.4 is 0 Å². The SMILES string of the molecule is O=C(O)C12CCCN1CCC2=O. The minimum atomic E-state index is -1.12. The molecule has 0 aromatic carbocycles. The van der Waals surface area contributed by atoms with Crippen molar-refractivity contribution in [3.05, 3.63) is 0 Å². The van der Waals surface area contributed by atoms with E-state index in [0.29, 0.717) is 19.4 Å². The summed E-state index contributed by atoms with van der Waals surface area (Å²) in [5.41, 5.74) is -1.12. The second-order valence-electron chi connectivity index (χ2n) is 3.43. The van der Waals surface area contributed by atoms with Crippen LogP contribution in [0.5, 0.6) is 0 Å². The highest BCUT2D eigenvalue weighted by molar-refractivity contribution is 6.09. The molecular weight excluding hydrogens is 158 g/mol. The van der Waals surface area contributed by atoms with Crippen molar-refractivity contribution in [2.45, 2.75) is 24.8 Å². The van der Waals surface area contributed by atoms with Gasteiger partial charge in [-0.15, -0.1) is 0 Å². The summed E-state index contributed by atoms with van der Waals surface area (Å²) >= 11 is 0. The normalized spacial score (nSPS) is 35.5. The van der Waals surface area contributed by atoms with Crippen molar-refractivity contribution in [3.8, 4) is 0 Å². The van der Waals surface area contributed by atoms with Crippen LogP contribution in [0.1, 0.15) is 19.3 Å². The van der Waals surface area contributed by atoms with Crippen molar-refractivity contribution in [1.82, 2.24) is 4.90 Å². The van der Waals surface area contributed by atoms with Gasteiger partial charge in [0, 0.05) is 13.0 Å². The van der Waals surface area contributed by atoms with Gasteiger partial charge >= 0.3 is 5.97 Å². The van der Waals surface area contributed by atoms with E-state index in [1.807, 2.05) is 0 Å². The van der Waals surface area contributed by atoms with Crippen LogP contribution in [-0.4, -0.2) is 40.4 Å². The average molecular weight is 169 g/mol. The van der Waals surface area contributed by atoms with Gasteiger partial charge < -0.3 is 5.11 Å². The molecule has 2 saturated heterocycles. The molecule has 66 valence electrons. The molecular formula is C8H11NO3. The molecule has 1 N–H and O–H groups in total. The minimum absolute atomic E-state index is 0.104. The molecule has 0 saturated carbocycles. The molecule has 0 aromatic rings. The number of carboxylic acids is 1. The summed E-state index contributed by atoms with van der Waals surface area (Å²) in [6, 6.07) is 0. The van der Waals surface area contributed by atoms with Crippen LogP contribution in [-0.2, 0) is 9.59 Å². The fraction of sp³-hybridized carbons (Fsp3) is 0.750. The number of hydrogen-bond donors (Lipinski definition) is 1.